The molecule has 45 heavy (non-hydrogen) atoms. The molecular weight excluding hydrogens is 549 g/mol. The quantitative estimate of drug-likeness (QED) is 0.206. The normalized spacial score (nSPS) is 14.6. The van der Waals surface area contributed by atoms with Gasteiger partial charge in [-0.25, -0.2) is 0 Å². The number of rotatable bonds is 5. The van der Waals surface area contributed by atoms with E-state index in [1.165, 1.54) is 55.5 Å². The smallest absolute Gasteiger partial charge is 0.310 e. The van der Waals surface area contributed by atoms with Crippen LogP contribution in [-0.2, 0) is 10.1 Å². The zero-order chi connectivity index (χ0) is 31.0. The summed E-state index contributed by atoms with van der Waals surface area (Å²) in [5, 5.41) is 13.3. The van der Waals surface area contributed by atoms with Gasteiger partial charge in [0, 0.05) is 5.69 Å². The summed E-state index contributed by atoms with van der Waals surface area (Å²) in [6.45, 7) is 7.55. The van der Waals surface area contributed by atoms with Crippen LogP contribution in [0, 0.1) is 0 Å². The molecule has 0 fully saturated rings. The Labute approximate surface area is 266 Å². The van der Waals surface area contributed by atoms with Crippen molar-refractivity contribution in [2.45, 2.75) is 44.3 Å². The first kappa shape index (κ1) is 27.9. The maximum Gasteiger partial charge on any atom is 0.310 e. The number of aliphatic hydroxyl groups is 1. The minimum atomic E-state index is -0.998. The molecule has 6 aromatic rings. The summed E-state index contributed by atoms with van der Waals surface area (Å²) in [5.41, 5.74) is 9.90. The van der Waals surface area contributed by atoms with Gasteiger partial charge in [-0.3, -0.25) is 0 Å². The summed E-state index contributed by atoms with van der Waals surface area (Å²) in [6.07, 6.45) is 0. The van der Waals surface area contributed by atoms with Crippen LogP contribution in [0.15, 0.2) is 133 Å². The first-order valence-corrected chi connectivity index (χ1v) is 15.8. The number of hydrogen-bond donors (Lipinski definition) is 1. The van der Waals surface area contributed by atoms with E-state index in [2.05, 4.69) is 138 Å². The molecule has 6 aromatic carbocycles. The Morgan fingerprint density at radius 3 is 1.80 bits per heavy atom. The van der Waals surface area contributed by atoms with Crippen LogP contribution in [-0.4, -0.2) is 23.8 Å². The third kappa shape index (κ3) is 3.99. The number of fused-ring (bicyclic) bond motifs is 10. The Bertz CT molecular complexity index is 2050. The molecule has 0 radical (unpaired) electrons. The molecular formula is C41H36BNO2. The van der Waals surface area contributed by atoms with Gasteiger partial charge in [-0.1, -0.05) is 97.1 Å². The molecule has 1 spiro atoms. The van der Waals surface area contributed by atoms with E-state index in [9.17, 15) is 5.11 Å². The lowest BCUT2D eigenvalue weighted by molar-refractivity contribution is -0.0893. The lowest BCUT2D eigenvalue weighted by Crippen LogP contribution is -2.49. The molecule has 220 valence electrons. The summed E-state index contributed by atoms with van der Waals surface area (Å²) in [4.78, 5) is 2.41. The van der Waals surface area contributed by atoms with Gasteiger partial charge >= 0.3 is 7.48 Å². The molecule has 1 heterocycles. The SMILES string of the molecule is CC(C)(O)C(C)(C)OBc1cccc2c1-c1cc3ccccc3cc1C21c2ccccc2N(c2ccccc2)c2ccccc21. The first-order valence-electron chi connectivity index (χ1n) is 15.8. The van der Waals surface area contributed by atoms with E-state index in [0.29, 0.717) is 7.48 Å². The Kier molecular flexibility index (Phi) is 6.16. The van der Waals surface area contributed by atoms with E-state index in [0.717, 1.165) is 11.2 Å². The monoisotopic (exact) mass is 585 g/mol. The maximum absolute atomic E-state index is 10.9. The van der Waals surface area contributed by atoms with E-state index >= 15 is 0 Å². The molecule has 0 unspecified atom stereocenters. The van der Waals surface area contributed by atoms with Crippen LogP contribution < -0.4 is 10.4 Å². The summed E-state index contributed by atoms with van der Waals surface area (Å²) < 4.78 is 6.54. The van der Waals surface area contributed by atoms with Crippen LogP contribution in [0.1, 0.15) is 49.9 Å². The second-order valence-corrected chi connectivity index (χ2v) is 13.4. The Morgan fingerprint density at radius 1 is 0.600 bits per heavy atom. The van der Waals surface area contributed by atoms with Crippen LogP contribution in [0.2, 0.25) is 0 Å². The fourth-order valence-corrected chi connectivity index (χ4v) is 7.37. The molecule has 0 amide bonds. The topological polar surface area (TPSA) is 32.7 Å². The highest BCUT2D eigenvalue weighted by atomic mass is 16.5. The lowest BCUT2D eigenvalue weighted by Gasteiger charge is -2.45. The summed E-state index contributed by atoms with van der Waals surface area (Å²) in [6, 6.07) is 48.6. The summed E-state index contributed by atoms with van der Waals surface area (Å²) in [5.74, 6) is 0. The van der Waals surface area contributed by atoms with Gasteiger partial charge < -0.3 is 14.7 Å². The van der Waals surface area contributed by atoms with Gasteiger partial charge in [-0.05, 0) is 114 Å². The van der Waals surface area contributed by atoms with Crippen LogP contribution >= 0.6 is 0 Å². The van der Waals surface area contributed by atoms with Crippen molar-refractivity contribution in [3.63, 3.8) is 0 Å². The molecule has 0 aromatic heterocycles. The van der Waals surface area contributed by atoms with Crippen molar-refractivity contribution in [3.05, 3.63) is 156 Å². The van der Waals surface area contributed by atoms with Crippen LogP contribution in [0.4, 0.5) is 17.1 Å². The van der Waals surface area contributed by atoms with Crippen molar-refractivity contribution in [1.29, 1.82) is 0 Å². The van der Waals surface area contributed by atoms with Gasteiger partial charge in [0.2, 0.25) is 0 Å². The molecule has 1 aliphatic carbocycles. The molecule has 8 rings (SSSR count). The maximum atomic E-state index is 10.9. The highest BCUT2D eigenvalue weighted by molar-refractivity contribution is 6.50. The van der Waals surface area contributed by atoms with Gasteiger partial charge in [0.05, 0.1) is 28.0 Å². The second kappa shape index (κ2) is 9.94. The standard InChI is InChI=1S/C41H36BNO2/c1-39(2,44)40(3,4)45-42-35-22-14-21-33-38(35)30-25-27-15-8-9-16-28(27)26-34(30)41(33)31-19-10-12-23-36(31)43(29-17-6-5-7-18-29)37-24-13-11-20-32(37)41/h5-26,42,44H,1-4H3. The van der Waals surface area contributed by atoms with Crippen molar-refractivity contribution < 1.29 is 9.76 Å². The van der Waals surface area contributed by atoms with Crippen molar-refractivity contribution in [2.24, 2.45) is 0 Å². The molecule has 0 atom stereocenters. The van der Waals surface area contributed by atoms with Crippen molar-refractivity contribution in [2.75, 3.05) is 4.90 Å². The fraction of sp³-hybridized carbons (Fsp3) is 0.171. The Hall–Kier alpha value is -4.64. The predicted octanol–water partition coefficient (Wildman–Crippen LogP) is 8.53. The van der Waals surface area contributed by atoms with E-state index in [1.807, 2.05) is 27.7 Å². The van der Waals surface area contributed by atoms with Crippen LogP contribution in [0.25, 0.3) is 21.9 Å². The fourth-order valence-electron chi connectivity index (χ4n) is 7.37. The third-order valence-corrected chi connectivity index (χ3v) is 10.3. The average Bonchev–Trinajstić information content (AvgIpc) is 3.33. The molecule has 0 bridgehead atoms. The number of para-hydroxylation sites is 3. The van der Waals surface area contributed by atoms with Crippen LogP contribution in [0.5, 0.6) is 0 Å². The minimum Gasteiger partial charge on any atom is -0.427 e. The second-order valence-electron chi connectivity index (χ2n) is 13.4. The molecule has 4 heteroatoms. The van der Waals surface area contributed by atoms with Crippen molar-refractivity contribution >= 4 is 40.8 Å². The van der Waals surface area contributed by atoms with Gasteiger partial charge in [0.15, 0.2) is 0 Å². The largest absolute Gasteiger partial charge is 0.427 e. The van der Waals surface area contributed by atoms with E-state index < -0.39 is 16.6 Å². The lowest BCUT2D eigenvalue weighted by atomic mass is 9.64. The molecule has 0 saturated carbocycles. The Morgan fingerprint density at radius 2 is 1.16 bits per heavy atom. The van der Waals surface area contributed by atoms with Crippen molar-refractivity contribution in [1.82, 2.24) is 0 Å². The minimum absolute atomic E-state index is 0.391. The van der Waals surface area contributed by atoms with Gasteiger partial charge in [0.25, 0.3) is 0 Å². The van der Waals surface area contributed by atoms with E-state index in [1.54, 1.807) is 0 Å². The van der Waals surface area contributed by atoms with E-state index in [4.69, 9.17) is 4.65 Å². The number of hydrogen-bond acceptors (Lipinski definition) is 3. The zero-order valence-corrected chi connectivity index (χ0v) is 26.2. The summed E-state index contributed by atoms with van der Waals surface area (Å²) in [7, 11) is 0.391. The molecule has 3 nitrogen and oxygen atoms in total. The van der Waals surface area contributed by atoms with Gasteiger partial charge in [-0.2, -0.15) is 0 Å². The van der Waals surface area contributed by atoms with Crippen LogP contribution in [0.3, 0.4) is 0 Å². The molecule has 1 aliphatic heterocycles. The Balaban J connectivity index is 1.46. The third-order valence-electron chi connectivity index (χ3n) is 10.3. The number of nitrogens with zero attached hydrogens (tertiary/aromatic N) is 1. The van der Waals surface area contributed by atoms with Gasteiger partial charge in [0.1, 0.15) is 0 Å². The van der Waals surface area contributed by atoms with E-state index in [-0.39, 0.29) is 0 Å². The highest BCUT2D eigenvalue weighted by Crippen LogP contribution is 2.63. The first-order chi connectivity index (χ1) is 21.7. The molecule has 0 saturated heterocycles. The zero-order valence-electron chi connectivity index (χ0n) is 26.2. The highest BCUT2D eigenvalue weighted by Gasteiger charge is 2.52. The predicted molar refractivity (Wildman–Crippen MR) is 188 cm³/mol. The number of anilines is 3. The number of benzene rings is 6. The molecule has 1 N–H and O–H groups in total. The average molecular weight is 586 g/mol. The summed E-state index contributed by atoms with van der Waals surface area (Å²) >= 11 is 0. The molecule has 2 aliphatic rings. The van der Waals surface area contributed by atoms with Crippen molar-refractivity contribution in [3.8, 4) is 11.1 Å². The van der Waals surface area contributed by atoms with Gasteiger partial charge in [-0.15, -0.1) is 0 Å².